The van der Waals surface area contributed by atoms with Crippen molar-refractivity contribution in [1.29, 1.82) is 0 Å². The predicted molar refractivity (Wildman–Crippen MR) is 52.7 cm³/mol. The van der Waals surface area contributed by atoms with Gasteiger partial charge < -0.3 is 5.11 Å². The van der Waals surface area contributed by atoms with E-state index in [4.69, 9.17) is 0 Å². The topological polar surface area (TPSA) is 40.1 Å². The minimum absolute atomic E-state index is 0.145. The predicted octanol–water partition coefficient (Wildman–Crippen LogP) is 1.84. The Morgan fingerprint density at radius 1 is 1.18 bits per heavy atom. The van der Waals surface area contributed by atoms with E-state index >= 15 is 0 Å². The maximum Gasteiger partial charge on any atom is 0.454 e. The summed E-state index contributed by atoms with van der Waals surface area (Å²) in [5.74, 6) is -2.81. The highest BCUT2D eigenvalue weighted by atomic mass is 19.4. The van der Waals surface area contributed by atoms with Crippen molar-refractivity contribution in [3.05, 3.63) is 41.0 Å². The van der Waals surface area contributed by atoms with Gasteiger partial charge in [0.25, 0.3) is 5.78 Å². The van der Waals surface area contributed by atoms with Crippen LogP contribution in [0.2, 0.25) is 0 Å². The van der Waals surface area contributed by atoms with Gasteiger partial charge in [0.1, 0.15) is 0 Å². The molecule has 0 saturated heterocycles. The molecule has 0 saturated carbocycles. The van der Waals surface area contributed by atoms with Crippen molar-refractivity contribution < 1.29 is 23.1 Å². The summed E-state index contributed by atoms with van der Waals surface area (Å²) in [4.78, 5) is 11.1. The number of Topliss-reactive ketones (excluding diaryl/α,β-unsaturated/α-hetero) is 1. The van der Waals surface area contributed by atoms with E-state index in [0.717, 1.165) is 0 Å². The Balaban J connectivity index is 2.48. The number of carbonyl (C=O) groups excluding carboxylic acids is 1. The van der Waals surface area contributed by atoms with E-state index in [1.807, 2.05) is 0 Å². The highest BCUT2D eigenvalue weighted by Gasteiger charge is 2.41. The number of halogens is 3. The molecule has 17 heavy (non-hydrogen) atoms. The summed E-state index contributed by atoms with van der Waals surface area (Å²) >= 11 is 0. The van der Waals surface area contributed by atoms with Gasteiger partial charge in [0.15, 0.2) is 0 Å². The molecule has 0 unspecified atom stereocenters. The Labute approximate surface area is 95.4 Å². The largest absolute Gasteiger partial charge is 0.872 e. The summed E-state index contributed by atoms with van der Waals surface area (Å²) in [6.45, 7) is 0. The van der Waals surface area contributed by atoms with Gasteiger partial charge in [-0.15, -0.1) is 0 Å². The normalized spacial score (nSPS) is 15.7. The number of aryl methyl sites for hydroxylation is 1. The molecule has 0 aliphatic heterocycles. The van der Waals surface area contributed by atoms with Gasteiger partial charge in [-0.05, 0) is 29.5 Å². The molecule has 0 heterocycles. The lowest BCUT2D eigenvalue weighted by atomic mass is 9.88. The van der Waals surface area contributed by atoms with Crippen LogP contribution in [-0.4, -0.2) is 12.0 Å². The molecular weight excluding hydrogens is 233 g/mol. The molecular formula is C12H8F3O2-. The number of ketones is 1. The lowest BCUT2D eigenvalue weighted by molar-refractivity contribution is -0.246. The zero-order valence-corrected chi connectivity index (χ0v) is 8.67. The fourth-order valence-electron chi connectivity index (χ4n) is 1.88. The van der Waals surface area contributed by atoms with Crippen molar-refractivity contribution in [2.45, 2.75) is 19.0 Å². The average molecular weight is 241 g/mol. The average Bonchev–Trinajstić information content (AvgIpc) is 2.28. The smallest absolute Gasteiger partial charge is 0.454 e. The number of hydrogen-bond donors (Lipinski definition) is 0. The maximum absolute atomic E-state index is 12.3. The molecule has 0 bridgehead atoms. The summed E-state index contributed by atoms with van der Waals surface area (Å²) in [6, 6.07) is 6.41. The third-order valence-electron chi connectivity index (χ3n) is 2.71. The summed E-state index contributed by atoms with van der Waals surface area (Å²) in [5.41, 5.74) is 0.235. The third kappa shape index (κ3) is 2.05. The lowest BCUT2D eigenvalue weighted by Crippen LogP contribution is -2.29. The second kappa shape index (κ2) is 3.91. The molecule has 2 rings (SSSR count). The van der Waals surface area contributed by atoms with E-state index in [-0.39, 0.29) is 12.0 Å². The van der Waals surface area contributed by atoms with Gasteiger partial charge in [-0.1, -0.05) is 30.0 Å². The monoisotopic (exact) mass is 241 g/mol. The minimum atomic E-state index is -4.97. The number of rotatable bonds is 1. The Hall–Kier alpha value is -1.78. The minimum Gasteiger partial charge on any atom is -0.872 e. The van der Waals surface area contributed by atoms with E-state index < -0.39 is 23.3 Å². The number of alkyl halides is 3. The lowest BCUT2D eigenvalue weighted by Gasteiger charge is -2.26. The van der Waals surface area contributed by atoms with E-state index in [0.29, 0.717) is 12.0 Å². The van der Waals surface area contributed by atoms with Crippen LogP contribution in [0.3, 0.4) is 0 Å². The molecule has 0 aromatic heterocycles. The third-order valence-corrected chi connectivity index (χ3v) is 2.71. The van der Waals surface area contributed by atoms with Gasteiger partial charge in [-0.25, -0.2) is 0 Å². The van der Waals surface area contributed by atoms with Crippen LogP contribution in [0.5, 0.6) is 0 Å². The van der Waals surface area contributed by atoms with Gasteiger partial charge in [-0.2, -0.15) is 13.2 Å². The van der Waals surface area contributed by atoms with Crippen LogP contribution in [0.1, 0.15) is 17.5 Å². The second-order valence-corrected chi connectivity index (χ2v) is 3.79. The van der Waals surface area contributed by atoms with Gasteiger partial charge in [0.05, 0.1) is 0 Å². The van der Waals surface area contributed by atoms with Crippen molar-refractivity contribution in [2.24, 2.45) is 0 Å². The fourth-order valence-corrected chi connectivity index (χ4v) is 1.88. The van der Waals surface area contributed by atoms with Crippen molar-refractivity contribution in [3.8, 4) is 0 Å². The van der Waals surface area contributed by atoms with Gasteiger partial charge in [-0.3, -0.25) is 4.79 Å². The standard InChI is InChI=1S/C12H9F3O2/c13-12(14,15)11(17)9-6-5-7-3-1-2-4-8(7)10(9)16/h1-4,16H,5-6H2/p-1. The van der Waals surface area contributed by atoms with Crippen LogP contribution in [0.4, 0.5) is 13.2 Å². The summed E-state index contributed by atoms with van der Waals surface area (Å²) in [6.07, 6.45) is -4.83. The molecule has 1 aromatic rings. The summed E-state index contributed by atoms with van der Waals surface area (Å²) in [7, 11) is 0. The number of benzene rings is 1. The maximum atomic E-state index is 12.3. The van der Waals surface area contributed by atoms with E-state index in [1.54, 1.807) is 18.2 Å². The molecule has 90 valence electrons. The highest BCUT2D eigenvalue weighted by Crippen LogP contribution is 2.32. The molecule has 0 N–H and O–H groups in total. The van der Waals surface area contributed by atoms with E-state index in [2.05, 4.69) is 0 Å². The van der Waals surface area contributed by atoms with Crippen molar-refractivity contribution in [1.82, 2.24) is 0 Å². The fraction of sp³-hybridized carbons (Fsp3) is 0.250. The summed E-state index contributed by atoms with van der Waals surface area (Å²) < 4.78 is 36.8. The quantitative estimate of drug-likeness (QED) is 0.752. The zero-order valence-electron chi connectivity index (χ0n) is 8.67. The van der Waals surface area contributed by atoms with Gasteiger partial charge in [0, 0.05) is 0 Å². The molecule has 0 spiro atoms. The number of fused-ring (bicyclic) bond motifs is 1. The van der Waals surface area contributed by atoms with Crippen LogP contribution in [0.15, 0.2) is 29.8 Å². The Kier molecular flexibility index (Phi) is 2.69. The number of allylic oxidation sites excluding steroid dienone is 1. The molecule has 0 radical (unpaired) electrons. The number of carbonyl (C=O) groups is 1. The van der Waals surface area contributed by atoms with Crippen molar-refractivity contribution in [2.75, 3.05) is 0 Å². The van der Waals surface area contributed by atoms with Gasteiger partial charge >= 0.3 is 6.18 Å². The first-order chi connectivity index (χ1) is 7.91. The molecule has 1 aromatic carbocycles. The SMILES string of the molecule is O=C(C1=C([O-])c2ccccc2CC1)C(F)(F)F. The highest BCUT2D eigenvalue weighted by molar-refractivity contribution is 6.05. The first-order valence-electron chi connectivity index (χ1n) is 5.01. The molecule has 0 fully saturated rings. The van der Waals surface area contributed by atoms with Crippen molar-refractivity contribution in [3.63, 3.8) is 0 Å². The molecule has 2 nitrogen and oxygen atoms in total. The Bertz CT molecular complexity index is 501. The van der Waals surface area contributed by atoms with Crippen molar-refractivity contribution >= 4 is 11.5 Å². The first-order valence-corrected chi connectivity index (χ1v) is 5.01. The molecule has 1 aliphatic rings. The Morgan fingerprint density at radius 2 is 1.82 bits per heavy atom. The van der Waals surface area contributed by atoms with E-state index in [1.165, 1.54) is 6.07 Å². The first kappa shape index (κ1) is 11.7. The second-order valence-electron chi connectivity index (χ2n) is 3.79. The van der Waals surface area contributed by atoms with Crippen LogP contribution in [0, 0.1) is 0 Å². The summed E-state index contributed by atoms with van der Waals surface area (Å²) in [5, 5.41) is 11.7. The zero-order chi connectivity index (χ0) is 12.6. The Morgan fingerprint density at radius 3 is 2.47 bits per heavy atom. The van der Waals surface area contributed by atoms with Crippen LogP contribution in [0.25, 0.3) is 5.76 Å². The molecule has 1 aliphatic carbocycles. The molecule has 5 heteroatoms. The van der Waals surface area contributed by atoms with E-state index in [9.17, 15) is 23.1 Å². The van der Waals surface area contributed by atoms with Crippen LogP contribution < -0.4 is 5.11 Å². The number of hydrogen-bond acceptors (Lipinski definition) is 2. The molecule has 0 atom stereocenters. The molecule has 0 amide bonds. The van der Waals surface area contributed by atoms with Gasteiger partial charge in [0.2, 0.25) is 0 Å². The van der Waals surface area contributed by atoms with Crippen LogP contribution >= 0.6 is 0 Å². The van der Waals surface area contributed by atoms with Crippen LogP contribution in [-0.2, 0) is 11.2 Å².